The van der Waals surface area contributed by atoms with Crippen molar-refractivity contribution in [1.29, 1.82) is 0 Å². The highest BCUT2D eigenvalue weighted by Gasteiger charge is 2.13. The lowest BCUT2D eigenvalue weighted by molar-refractivity contribution is 0.688. The van der Waals surface area contributed by atoms with Crippen molar-refractivity contribution in [3.63, 3.8) is 0 Å². The molecule has 0 aliphatic rings. The van der Waals surface area contributed by atoms with Gasteiger partial charge in [0.25, 0.3) is 0 Å². The minimum Gasteiger partial charge on any atom is -0.322 e. The Morgan fingerprint density at radius 3 is 2.67 bits per heavy atom. The summed E-state index contributed by atoms with van der Waals surface area (Å²) in [5.74, 6) is 0. The summed E-state index contributed by atoms with van der Waals surface area (Å²) in [4.78, 5) is 8.88. The van der Waals surface area contributed by atoms with Crippen molar-refractivity contribution < 1.29 is 0 Å². The first-order valence-electron chi connectivity index (χ1n) is 7.31. The van der Waals surface area contributed by atoms with Crippen LogP contribution in [0.4, 0.5) is 0 Å². The summed E-state index contributed by atoms with van der Waals surface area (Å²) in [6.07, 6.45) is 5.39. The van der Waals surface area contributed by atoms with E-state index in [1.807, 2.05) is 36.7 Å². The Labute approximate surface area is 124 Å². The van der Waals surface area contributed by atoms with Gasteiger partial charge in [-0.15, -0.1) is 0 Å². The van der Waals surface area contributed by atoms with Crippen molar-refractivity contribution in [3.05, 3.63) is 71.7 Å². The highest BCUT2D eigenvalue weighted by molar-refractivity contribution is 5.81. The minimum absolute atomic E-state index is 0.0908. The average molecular weight is 277 g/mol. The zero-order valence-corrected chi connectivity index (χ0v) is 12.2. The predicted octanol–water partition coefficient (Wildman–Crippen LogP) is 3.43. The Balaban J connectivity index is 1.95. The molecule has 1 atom stereocenters. The molecule has 0 saturated heterocycles. The van der Waals surface area contributed by atoms with Gasteiger partial charge >= 0.3 is 0 Å². The number of nitrogens with zero attached hydrogens (tertiary/aromatic N) is 2. The fourth-order valence-corrected chi connectivity index (χ4v) is 2.75. The molecule has 2 aromatic heterocycles. The summed E-state index contributed by atoms with van der Waals surface area (Å²) >= 11 is 0. The van der Waals surface area contributed by atoms with Crippen molar-refractivity contribution in [2.75, 3.05) is 0 Å². The van der Waals surface area contributed by atoms with Crippen molar-refractivity contribution in [1.82, 2.24) is 9.97 Å². The summed E-state index contributed by atoms with van der Waals surface area (Å²) in [7, 11) is 0. The van der Waals surface area contributed by atoms with Crippen LogP contribution in [0, 0.1) is 0 Å². The fourth-order valence-electron chi connectivity index (χ4n) is 2.75. The lowest BCUT2D eigenvalue weighted by Gasteiger charge is -2.15. The first-order chi connectivity index (χ1) is 10.3. The lowest BCUT2D eigenvalue weighted by atomic mass is 9.97. The molecular formula is C18H19N3. The van der Waals surface area contributed by atoms with Gasteiger partial charge in [0, 0.05) is 17.8 Å². The van der Waals surface area contributed by atoms with Crippen LogP contribution in [0.25, 0.3) is 10.9 Å². The van der Waals surface area contributed by atoms with Gasteiger partial charge in [-0.1, -0.05) is 31.2 Å². The van der Waals surface area contributed by atoms with Gasteiger partial charge in [0.05, 0.1) is 17.3 Å². The fraction of sp³-hybridized carbons (Fsp3) is 0.222. The van der Waals surface area contributed by atoms with E-state index in [2.05, 4.69) is 35.1 Å². The highest BCUT2D eigenvalue weighted by Crippen LogP contribution is 2.23. The summed E-state index contributed by atoms with van der Waals surface area (Å²) in [5, 5.41) is 1.17. The molecule has 1 unspecified atom stereocenters. The van der Waals surface area contributed by atoms with Gasteiger partial charge in [0.2, 0.25) is 0 Å². The Kier molecular flexibility index (Phi) is 3.93. The van der Waals surface area contributed by atoms with Crippen LogP contribution in [-0.4, -0.2) is 9.97 Å². The van der Waals surface area contributed by atoms with E-state index < -0.39 is 0 Å². The first kappa shape index (κ1) is 13.7. The molecule has 0 bridgehead atoms. The maximum absolute atomic E-state index is 6.41. The Morgan fingerprint density at radius 1 is 0.952 bits per heavy atom. The van der Waals surface area contributed by atoms with E-state index in [1.165, 1.54) is 16.5 Å². The minimum atomic E-state index is -0.0908. The maximum Gasteiger partial charge on any atom is 0.0704 e. The molecule has 0 radical (unpaired) electrons. The van der Waals surface area contributed by atoms with Crippen LogP contribution in [-0.2, 0) is 12.8 Å². The average Bonchev–Trinajstić information content (AvgIpc) is 2.55. The zero-order valence-electron chi connectivity index (χ0n) is 12.2. The summed E-state index contributed by atoms with van der Waals surface area (Å²) in [6, 6.07) is 14.2. The number of fused-ring (bicyclic) bond motifs is 1. The third kappa shape index (κ3) is 2.78. The molecule has 0 spiro atoms. The van der Waals surface area contributed by atoms with E-state index in [9.17, 15) is 0 Å². The topological polar surface area (TPSA) is 51.8 Å². The molecule has 21 heavy (non-hydrogen) atoms. The quantitative estimate of drug-likeness (QED) is 0.795. The van der Waals surface area contributed by atoms with E-state index in [1.54, 1.807) is 0 Å². The van der Waals surface area contributed by atoms with Gasteiger partial charge in [-0.3, -0.25) is 9.97 Å². The summed E-state index contributed by atoms with van der Waals surface area (Å²) in [5.41, 5.74) is 10.9. The van der Waals surface area contributed by atoms with Crippen LogP contribution in [0.15, 0.2) is 54.9 Å². The predicted molar refractivity (Wildman–Crippen MR) is 86.0 cm³/mol. The van der Waals surface area contributed by atoms with Crippen LogP contribution >= 0.6 is 0 Å². The Hall–Kier alpha value is -2.26. The SMILES string of the molecule is CCc1cccnc1C(N)Cc1ccnc2ccccc12. The van der Waals surface area contributed by atoms with Crippen molar-refractivity contribution >= 4 is 10.9 Å². The second kappa shape index (κ2) is 6.02. The smallest absolute Gasteiger partial charge is 0.0704 e. The van der Waals surface area contributed by atoms with Crippen LogP contribution in [0.3, 0.4) is 0 Å². The zero-order chi connectivity index (χ0) is 14.7. The normalized spacial score (nSPS) is 12.5. The number of aryl methyl sites for hydroxylation is 1. The molecular weight excluding hydrogens is 258 g/mol. The molecule has 2 N–H and O–H groups in total. The van der Waals surface area contributed by atoms with Gasteiger partial charge in [-0.05, 0) is 42.2 Å². The third-order valence-electron chi connectivity index (χ3n) is 3.84. The van der Waals surface area contributed by atoms with E-state index in [-0.39, 0.29) is 6.04 Å². The number of nitrogens with two attached hydrogens (primary N) is 1. The molecule has 0 amide bonds. The Morgan fingerprint density at radius 2 is 1.81 bits per heavy atom. The molecule has 0 saturated carbocycles. The maximum atomic E-state index is 6.41. The number of benzene rings is 1. The molecule has 0 fully saturated rings. The number of pyridine rings is 2. The Bertz CT molecular complexity index is 747. The molecule has 3 aromatic rings. The number of aromatic nitrogens is 2. The van der Waals surface area contributed by atoms with E-state index >= 15 is 0 Å². The van der Waals surface area contributed by atoms with Crippen LogP contribution in [0.1, 0.15) is 29.8 Å². The molecule has 3 heteroatoms. The molecule has 106 valence electrons. The van der Waals surface area contributed by atoms with E-state index in [0.29, 0.717) is 0 Å². The number of para-hydroxylation sites is 1. The molecule has 2 heterocycles. The molecule has 1 aromatic carbocycles. The van der Waals surface area contributed by atoms with Crippen molar-refractivity contribution in [2.45, 2.75) is 25.8 Å². The van der Waals surface area contributed by atoms with Crippen molar-refractivity contribution in [3.8, 4) is 0 Å². The monoisotopic (exact) mass is 277 g/mol. The van der Waals surface area contributed by atoms with Gasteiger partial charge in [-0.25, -0.2) is 0 Å². The standard InChI is InChI=1S/C18H19N3/c1-2-13-6-5-10-21-18(13)16(19)12-14-9-11-20-17-8-4-3-7-15(14)17/h3-11,16H,2,12,19H2,1H3. The first-order valence-corrected chi connectivity index (χ1v) is 7.31. The number of rotatable bonds is 4. The summed E-state index contributed by atoms with van der Waals surface area (Å²) < 4.78 is 0. The molecule has 0 aliphatic heterocycles. The van der Waals surface area contributed by atoms with Crippen LogP contribution < -0.4 is 5.73 Å². The van der Waals surface area contributed by atoms with Crippen LogP contribution in [0.5, 0.6) is 0 Å². The second-order valence-electron chi connectivity index (χ2n) is 5.20. The number of hydrogen-bond donors (Lipinski definition) is 1. The largest absolute Gasteiger partial charge is 0.322 e. The summed E-state index contributed by atoms with van der Waals surface area (Å²) in [6.45, 7) is 2.13. The van der Waals surface area contributed by atoms with Gasteiger partial charge < -0.3 is 5.73 Å². The van der Waals surface area contributed by atoms with Crippen LogP contribution in [0.2, 0.25) is 0 Å². The lowest BCUT2D eigenvalue weighted by Crippen LogP contribution is -2.17. The molecule has 3 rings (SSSR count). The van der Waals surface area contributed by atoms with E-state index in [4.69, 9.17) is 5.73 Å². The molecule has 3 nitrogen and oxygen atoms in total. The van der Waals surface area contributed by atoms with E-state index in [0.717, 1.165) is 24.1 Å². The second-order valence-corrected chi connectivity index (χ2v) is 5.20. The van der Waals surface area contributed by atoms with Gasteiger partial charge in [0.1, 0.15) is 0 Å². The van der Waals surface area contributed by atoms with Crippen molar-refractivity contribution in [2.24, 2.45) is 5.73 Å². The molecule has 0 aliphatic carbocycles. The third-order valence-corrected chi connectivity index (χ3v) is 3.84. The number of hydrogen-bond acceptors (Lipinski definition) is 3. The highest BCUT2D eigenvalue weighted by atomic mass is 14.8. The van der Waals surface area contributed by atoms with Gasteiger partial charge in [0.15, 0.2) is 0 Å². The van der Waals surface area contributed by atoms with Gasteiger partial charge in [-0.2, -0.15) is 0 Å².